The lowest BCUT2D eigenvalue weighted by atomic mass is 10.1. The highest BCUT2D eigenvalue weighted by molar-refractivity contribution is 6.06. The SMILES string of the molecule is O=C(Cc1cccc(N2C=C(Nc3ccc(C(=O)N4CCOCC4)cn3)C3=NC=C[N+]3C2)c1)Nc1ccc(F)cc1. The Labute approximate surface area is 236 Å². The van der Waals surface area contributed by atoms with Gasteiger partial charge in [-0.2, -0.15) is 4.99 Å². The highest BCUT2D eigenvalue weighted by Crippen LogP contribution is 2.25. The third kappa shape index (κ3) is 6.16. The van der Waals surface area contributed by atoms with Crippen LogP contribution in [-0.2, 0) is 16.0 Å². The predicted molar refractivity (Wildman–Crippen MR) is 154 cm³/mol. The Bertz CT molecular complexity index is 1530. The maximum Gasteiger partial charge on any atom is 0.308 e. The number of nitrogens with zero attached hydrogens (tertiary/aromatic N) is 5. The normalized spacial score (nSPS) is 16.6. The number of amides is 2. The van der Waals surface area contributed by atoms with Crippen LogP contribution in [0, 0.1) is 5.82 Å². The number of anilines is 3. The molecule has 1 radical (unpaired) electrons. The van der Waals surface area contributed by atoms with Crippen LogP contribution >= 0.6 is 0 Å². The van der Waals surface area contributed by atoms with Gasteiger partial charge in [0.1, 0.15) is 17.3 Å². The lowest BCUT2D eigenvalue weighted by molar-refractivity contribution is -0.115. The van der Waals surface area contributed by atoms with Gasteiger partial charge in [-0.25, -0.2) is 9.37 Å². The molecule has 2 amide bonds. The molecule has 0 atom stereocenters. The Balaban J connectivity index is 1.16. The fourth-order valence-electron chi connectivity index (χ4n) is 4.78. The smallest absolute Gasteiger partial charge is 0.308 e. The van der Waals surface area contributed by atoms with Gasteiger partial charge in [-0.3, -0.25) is 14.5 Å². The first-order valence-corrected chi connectivity index (χ1v) is 13.3. The predicted octanol–water partition coefficient (Wildman–Crippen LogP) is 3.63. The number of nitrogens with one attached hydrogen (secondary N) is 2. The molecule has 1 saturated heterocycles. The van der Waals surface area contributed by atoms with Gasteiger partial charge >= 0.3 is 5.84 Å². The number of ether oxygens (including phenoxy) is 1. The van der Waals surface area contributed by atoms with Crippen LogP contribution in [0.25, 0.3) is 0 Å². The molecule has 0 bridgehead atoms. The Hall–Kier alpha value is -4.87. The van der Waals surface area contributed by atoms with Crippen molar-refractivity contribution in [3.05, 3.63) is 108 Å². The Morgan fingerprint density at radius 1 is 1.05 bits per heavy atom. The largest absolute Gasteiger partial charge is 0.378 e. The van der Waals surface area contributed by atoms with Crippen LogP contribution in [0.1, 0.15) is 15.9 Å². The fraction of sp³-hybridized carbons (Fsp3) is 0.200. The standard InChI is InChI=1S/C30H28FN7O3/c31-23-5-7-24(8-6-23)34-28(39)17-21-2-1-3-25(16-21)38-19-26(29-32-10-11-37(29)20-38)35-27-9-4-22(18-33-27)30(40)36-12-14-41-15-13-36/h1-11,16,18-19H,12-15,17,20H2,(H,33,35)(H,34,39)/q+1. The van der Waals surface area contributed by atoms with Crippen molar-refractivity contribution in [3.8, 4) is 0 Å². The third-order valence-electron chi connectivity index (χ3n) is 6.85. The number of fused-ring (bicyclic) bond motifs is 1. The number of pyridine rings is 1. The number of hydrogen-bond acceptors (Lipinski definition) is 8. The van der Waals surface area contributed by atoms with E-state index in [-0.39, 0.29) is 24.1 Å². The monoisotopic (exact) mass is 553 g/mol. The number of hydrogen-bond donors (Lipinski definition) is 2. The van der Waals surface area contributed by atoms with Crippen LogP contribution in [0.3, 0.4) is 0 Å². The van der Waals surface area contributed by atoms with Gasteiger partial charge < -0.3 is 20.3 Å². The number of morpholine rings is 1. The molecule has 0 saturated carbocycles. The second-order valence-corrected chi connectivity index (χ2v) is 9.74. The van der Waals surface area contributed by atoms with Gasteiger partial charge in [0, 0.05) is 36.9 Å². The second kappa shape index (κ2) is 11.7. The quantitative estimate of drug-likeness (QED) is 0.433. The first-order valence-electron chi connectivity index (χ1n) is 13.3. The van der Waals surface area contributed by atoms with E-state index in [0.29, 0.717) is 50.0 Å². The minimum atomic E-state index is -0.355. The summed E-state index contributed by atoms with van der Waals surface area (Å²) in [5, 5.41) is 6.14. The van der Waals surface area contributed by atoms with E-state index in [1.54, 1.807) is 29.4 Å². The summed E-state index contributed by atoms with van der Waals surface area (Å²) < 4.78 is 18.5. The number of carbonyl (C=O) groups is 2. The van der Waals surface area contributed by atoms with Crippen molar-refractivity contribution in [1.29, 1.82) is 0 Å². The van der Waals surface area contributed by atoms with Crippen molar-refractivity contribution in [2.45, 2.75) is 6.42 Å². The van der Waals surface area contributed by atoms with Gasteiger partial charge in [-0.1, -0.05) is 17.0 Å². The van der Waals surface area contributed by atoms with Crippen molar-refractivity contribution in [2.75, 3.05) is 48.5 Å². The van der Waals surface area contributed by atoms with Gasteiger partial charge in [-0.05, 0) is 54.1 Å². The van der Waals surface area contributed by atoms with E-state index in [0.717, 1.165) is 22.8 Å². The Kier molecular flexibility index (Phi) is 7.52. The minimum absolute atomic E-state index is 0.0582. The molecule has 0 aliphatic carbocycles. The molecule has 4 heterocycles. The molecule has 3 aliphatic rings. The van der Waals surface area contributed by atoms with Crippen molar-refractivity contribution in [2.24, 2.45) is 4.99 Å². The zero-order chi connectivity index (χ0) is 28.2. The van der Waals surface area contributed by atoms with Crippen molar-refractivity contribution in [3.63, 3.8) is 0 Å². The van der Waals surface area contributed by atoms with E-state index in [2.05, 4.69) is 25.5 Å². The summed E-state index contributed by atoms with van der Waals surface area (Å²) in [7, 11) is 0. The first-order chi connectivity index (χ1) is 20.0. The second-order valence-electron chi connectivity index (χ2n) is 9.74. The topological polar surface area (TPSA) is 105 Å². The first kappa shape index (κ1) is 26.4. The van der Waals surface area contributed by atoms with Gasteiger partial charge in [0.25, 0.3) is 5.91 Å². The van der Waals surface area contributed by atoms with Crippen LogP contribution in [0.4, 0.5) is 21.6 Å². The van der Waals surface area contributed by atoms with Crippen LogP contribution in [0.15, 0.2) is 96.1 Å². The van der Waals surface area contributed by atoms with E-state index >= 15 is 0 Å². The molecule has 41 heavy (non-hydrogen) atoms. The summed E-state index contributed by atoms with van der Waals surface area (Å²) in [5.41, 5.74) is 3.54. The third-order valence-corrected chi connectivity index (χ3v) is 6.85. The molecule has 3 aliphatic heterocycles. The van der Waals surface area contributed by atoms with Gasteiger partial charge in [0.2, 0.25) is 12.6 Å². The molecule has 11 heteroatoms. The number of aromatic nitrogens is 1. The maximum absolute atomic E-state index is 13.2. The average Bonchev–Trinajstić information content (AvgIpc) is 3.48. The number of carbonyl (C=O) groups excluding carboxylic acids is 2. The molecular weight excluding hydrogens is 525 g/mol. The molecule has 0 spiro atoms. The molecule has 207 valence electrons. The Morgan fingerprint density at radius 2 is 1.88 bits per heavy atom. The lowest BCUT2D eigenvalue weighted by Gasteiger charge is -2.27. The zero-order valence-electron chi connectivity index (χ0n) is 22.2. The molecular formula is C30H28FN7O3+. The molecule has 3 aromatic rings. The zero-order valence-corrected chi connectivity index (χ0v) is 22.2. The number of benzene rings is 2. The van der Waals surface area contributed by atoms with Gasteiger partial charge in [-0.15, -0.1) is 0 Å². The summed E-state index contributed by atoms with van der Waals surface area (Å²) in [6.07, 6.45) is 7.34. The van der Waals surface area contributed by atoms with Crippen LogP contribution in [0.2, 0.25) is 0 Å². The van der Waals surface area contributed by atoms with Crippen molar-refractivity contribution < 1.29 is 18.7 Å². The van der Waals surface area contributed by atoms with Crippen LogP contribution in [0.5, 0.6) is 0 Å². The van der Waals surface area contributed by atoms with E-state index in [1.807, 2.05) is 41.6 Å². The molecule has 0 unspecified atom stereocenters. The molecule has 10 nitrogen and oxygen atoms in total. The number of rotatable bonds is 7. The van der Waals surface area contributed by atoms with Crippen molar-refractivity contribution >= 4 is 34.8 Å². The molecule has 1 fully saturated rings. The van der Waals surface area contributed by atoms with Crippen LogP contribution < -0.4 is 20.4 Å². The minimum Gasteiger partial charge on any atom is -0.378 e. The summed E-state index contributed by atoms with van der Waals surface area (Å²) in [6, 6.07) is 17.0. The summed E-state index contributed by atoms with van der Waals surface area (Å²) in [6.45, 7) is 2.77. The highest BCUT2D eigenvalue weighted by Gasteiger charge is 2.36. The van der Waals surface area contributed by atoms with Gasteiger partial charge in [0.05, 0.1) is 31.4 Å². The maximum atomic E-state index is 13.2. The fourth-order valence-corrected chi connectivity index (χ4v) is 4.78. The molecule has 2 aromatic carbocycles. The summed E-state index contributed by atoms with van der Waals surface area (Å²) in [5.74, 6) is 0.733. The lowest BCUT2D eigenvalue weighted by Crippen LogP contribution is -2.45. The number of amidine groups is 1. The Morgan fingerprint density at radius 3 is 2.66 bits per heavy atom. The summed E-state index contributed by atoms with van der Waals surface area (Å²) >= 11 is 0. The van der Waals surface area contributed by atoms with Gasteiger partial charge in [0.15, 0.2) is 6.20 Å². The molecule has 1 aromatic heterocycles. The number of aliphatic imine (C=N–C) groups is 1. The number of halogens is 1. The molecule has 2 N–H and O–H groups in total. The molecule has 6 rings (SSSR count). The highest BCUT2D eigenvalue weighted by atomic mass is 19.1. The van der Waals surface area contributed by atoms with Crippen molar-refractivity contribution in [1.82, 2.24) is 14.8 Å². The van der Waals surface area contributed by atoms with E-state index in [9.17, 15) is 14.0 Å². The van der Waals surface area contributed by atoms with E-state index in [1.165, 1.54) is 24.3 Å². The van der Waals surface area contributed by atoms with E-state index < -0.39 is 0 Å². The van der Waals surface area contributed by atoms with Crippen LogP contribution in [-0.4, -0.2) is 60.5 Å². The summed E-state index contributed by atoms with van der Waals surface area (Å²) in [4.78, 5) is 40.2. The average molecular weight is 554 g/mol. The van der Waals surface area contributed by atoms with E-state index in [4.69, 9.17) is 4.74 Å².